The molecule has 0 aliphatic carbocycles. The van der Waals surface area contributed by atoms with Crippen LogP contribution >= 0.6 is 15.9 Å². The molecule has 0 aromatic heterocycles. The number of sulfone groups is 1. The summed E-state index contributed by atoms with van der Waals surface area (Å²) in [6.45, 7) is 0. The van der Waals surface area contributed by atoms with Crippen molar-refractivity contribution in [3.8, 4) is 0 Å². The van der Waals surface area contributed by atoms with E-state index in [1.807, 2.05) is 0 Å². The highest BCUT2D eigenvalue weighted by atomic mass is 79.9. The topological polar surface area (TPSA) is 34.1 Å². The molecule has 23 heavy (non-hydrogen) atoms. The molecule has 2 aromatic rings. The van der Waals surface area contributed by atoms with Gasteiger partial charge in [0.2, 0.25) is 0 Å². The van der Waals surface area contributed by atoms with E-state index in [2.05, 4.69) is 15.9 Å². The van der Waals surface area contributed by atoms with Crippen LogP contribution in [0, 0.1) is 0 Å². The van der Waals surface area contributed by atoms with Crippen molar-refractivity contribution < 1.29 is 21.6 Å². The summed E-state index contributed by atoms with van der Waals surface area (Å²) >= 11 is 3.28. The molecule has 0 heterocycles. The van der Waals surface area contributed by atoms with Crippen molar-refractivity contribution in [2.75, 3.05) is 0 Å². The molecule has 0 aliphatic heterocycles. The van der Waals surface area contributed by atoms with Crippen LogP contribution in [0.25, 0.3) is 6.08 Å². The van der Waals surface area contributed by atoms with E-state index in [0.717, 1.165) is 22.0 Å². The summed E-state index contributed by atoms with van der Waals surface area (Å²) in [6, 6.07) is 11.2. The number of hydrogen-bond donors (Lipinski definition) is 0. The normalized spacial score (nSPS) is 12.7. The van der Waals surface area contributed by atoms with Gasteiger partial charge in [-0.1, -0.05) is 40.2 Å². The first-order chi connectivity index (χ1) is 10.7. The molecule has 0 N–H and O–H groups in total. The van der Waals surface area contributed by atoms with Gasteiger partial charge in [-0.25, -0.2) is 8.42 Å². The predicted molar refractivity (Wildman–Crippen MR) is 87.2 cm³/mol. The Bertz CT molecular complexity index is 793. The molecular weight excluding hydrogens is 393 g/mol. The summed E-state index contributed by atoms with van der Waals surface area (Å²) in [6.07, 6.45) is -2.98. The zero-order valence-corrected chi connectivity index (χ0v) is 14.1. The summed E-state index contributed by atoms with van der Waals surface area (Å²) in [5.74, 6) is -0.349. The molecule has 122 valence electrons. The molecule has 0 unspecified atom stereocenters. The van der Waals surface area contributed by atoms with Crippen LogP contribution in [0.4, 0.5) is 13.2 Å². The Balaban J connectivity index is 2.10. The van der Waals surface area contributed by atoms with Crippen LogP contribution in [-0.2, 0) is 21.8 Å². The van der Waals surface area contributed by atoms with Crippen LogP contribution in [0.2, 0.25) is 0 Å². The highest BCUT2D eigenvalue weighted by Crippen LogP contribution is 2.29. The SMILES string of the molecule is O=S(=O)(C=Cc1ccc(Br)cc1)Cc1ccc(C(F)(F)F)cc1. The Morgan fingerprint density at radius 3 is 2.04 bits per heavy atom. The minimum absolute atomic E-state index is 0.304. The minimum Gasteiger partial charge on any atom is -0.224 e. The molecule has 0 atom stereocenters. The van der Waals surface area contributed by atoms with E-state index in [9.17, 15) is 21.6 Å². The van der Waals surface area contributed by atoms with Crippen LogP contribution in [0.1, 0.15) is 16.7 Å². The van der Waals surface area contributed by atoms with Crippen molar-refractivity contribution >= 4 is 31.8 Å². The van der Waals surface area contributed by atoms with Crippen molar-refractivity contribution in [1.82, 2.24) is 0 Å². The summed E-state index contributed by atoms with van der Waals surface area (Å²) in [5, 5.41) is 1.06. The quantitative estimate of drug-likeness (QED) is 0.713. The maximum Gasteiger partial charge on any atom is 0.416 e. The van der Waals surface area contributed by atoms with Gasteiger partial charge in [0.15, 0.2) is 9.84 Å². The lowest BCUT2D eigenvalue weighted by Crippen LogP contribution is -2.05. The smallest absolute Gasteiger partial charge is 0.224 e. The predicted octanol–water partition coefficient (Wildman–Crippen LogP) is 5.05. The van der Waals surface area contributed by atoms with Gasteiger partial charge < -0.3 is 0 Å². The van der Waals surface area contributed by atoms with E-state index >= 15 is 0 Å². The van der Waals surface area contributed by atoms with E-state index in [1.165, 1.54) is 18.2 Å². The van der Waals surface area contributed by atoms with Crippen molar-refractivity contribution in [3.63, 3.8) is 0 Å². The lowest BCUT2D eigenvalue weighted by molar-refractivity contribution is -0.137. The third-order valence-corrected chi connectivity index (χ3v) is 4.80. The fraction of sp³-hybridized carbons (Fsp3) is 0.125. The second-order valence-electron chi connectivity index (χ2n) is 4.86. The molecule has 7 heteroatoms. The highest BCUT2D eigenvalue weighted by Gasteiger charge is 2.30. The van der Waals surface area contributed by atoms with Crippen LogP contribution < -0.4 is 0 Å². The molecule has 0 aliphatic rings. The van der Waals surface area contributed by atoms with Crippen LogP contribution in [0.3, 0.4) is 0 Å². The fourth-order valence-electron chi connectivity index (χ4n) is 1.83. The summed E-state index contributed by atoms with van der Waals surface area (Å²) < 4.78 is 62.3. The van der Waals surface area contributed by atoms with Gasteiger partial charge >= 0.3 is 6.18 Å². The largest absolute Gasteiger partial charge is 0.416 e. The Morgan fingerprint density at radius 1 is 0.957 bits per heavy atom. The van der Waals surface area contributed by atoms with Crippen molar-refractivity contribution in [1.29, 1.82) is 0 Å². The number of alkyl halides is 3. The number of halogens is 4. The molecule has 0 spiro atoms. The van der Waals surface area contributed by atoms with Crippen molar-refractivity contribution in [2.24, 2.45) is 0 Å². The molecule has 0 amide bonds. The average molecular weight is 405 g/mol. The summed E-state index contributed by atoms with van der Waals surface area (Å²) in [4.78, 5) is 0. The third kappa shape index (κ3) is 5.51. The first kappa shape index (κ1) is 17.7. The first-order valence-electron chi connectivity index (χ1n) is 6.48. The van der Waals surface area contributed by atoms with Gasteiger partial charge in [-0.3, -0.25) is 0 Å². The van der Waals surface area contributed by atoms with E-state index in [1.54, 1.807) is 24.3 Å². The van der Waals surface area contributed by atoms with E-state index < -0.39 is 21.6 Å². The third-order valence-electron chi connectivity index (χ3n) is 2.99. The van der Waals surface area contributed by atoms with Gasteiger partial charge in [0.25, 0.3) is 0 Å². The zero-order chi connectivity index (χ0) is 17.1. The van der Waals surface area contributed by atoms with E-state index in [4.69, 9.17) is 0 Å². The standard InChI is InChI=1S/C16H12BrF3O2S/c17-15-7-3-12(4-8-15)9-10-23(21,22)11-13-1-5-14(6-2-13)16(18,19)20/h1-10H,11H2. The Labute approximate surface area is 140 Å². The Hall–Kier alpha value is -1.60. The monoisotopic (exact) mass is 404 g/mol. The number of rotatable bonds is 4. The van der Waals surface area contributed by atoms with Crippen LogP contribution in [0.5, 0.6) is 0 Å². The van der Waals surface area contributed by atoms with E-state index in [0.29, 0.717) is 11.1 Å². The van der Waals surface area contributed by atoms with Gasteiger partial charge in [0.05, 0.1) is 11.3 Å². The van der Waals surface area contributed by atoms with Crippen LogP contribution in [0.15, 0.2) is 58.4 Å². The number of benzene rings is 2. The maximum atomic E-state index is 12.5. The molecular formula is C16H12BrF3O2S. The van der Waals surface area contributed by atoms with Gasteiger partial charge in [0.1, 0.15) is 0 Å². The Kier molecular flexibility index (Phi) is 5.31. The maximum absolute atomic E-state index is 12.5. The molecule has 2 aromatic carbocycles. The van der Waals surface area contributed by atoms with Gasteiger partial charge in [-0.2, -0.15) is 13.2 Å². The molecule has 0 saturated heterocycles. The van der Waals surface area contributed by atoms with Crippen molar-refractivity contribution in [3.05, 3.63) is 75.1 Å². The molecule has 0 saturated carbocycles. The Morgan fingerprint density at radius 2 is 1.52 bits per heavy atom. The average Bonchev–Trinajstić information content (AvgIpc) is 2.46. The highest BCUT2D eigenvalue weighted by molar-refractivity contribution is 9.10. The second kappa shape index (κ2) is 6.88. The lowest BCUT2D eigenvalue weighted by Gasteiger charge is -2.07. The van der Waals surface area contributed by atoms with Gasteiger partial charge in [-0.15, -0.1) is 0 Å². The lowest BCUT2D eigenvalue weighted by atomic mass is 10.1. The zero-order valence-electron chi connectivity index (χ0n) is 11.7. The van der Waals surface area contributed by atoms with E-state index in [-0.39, 0.29) is 5.75 Å². The fourth-order valence-corrected chi connectivity index (χ4v) is 3.21. The molecule has 2 rings (SSSR count). The minimum atomic E-state index is -4.43. The molecule has 2 nitrogen and oxygen atoms in total. The summed E-state index contributed by atoms with van der Waals surface area (Å²) in [7, 11) is -3.56. The van der Waals surface area contributed by atoms with Gasteiger partial charge in [-0.05, 0) is 41.5 Å². The first-order valence-corrected chi connectivity index (χ1v) is 8.99. The van der Waals surface area contributed by atoms with Crippen LogP contribution in [-0.4, -0.2) is 8.42 Å². The molecule has 0 fully saturated rings. The number of hydrogen-bond acceptors (Lipinski definition) is 2. The molecule has 0 bridgehead atoms. The van der Waals surface area contributed by atoms with Gasteiger partial charge in [0, 0.05) is 9.88 Å². The second-order valence-corrected chi connectivity index (χ2v) is 7.66. The summed E-state index contributed by atoms with van der Waals surface area (Å²) in [5.41, 5.74) is 0.215. The van der Waals surface area contributed by atoms with Crippen molar-refractivity contribution in [2.45, 2.75) is 11.9 Å². The molecule has 0 radical (unpaired) electrons.